The van der Waals surface area contributed by atoms with Crippen molar-refractivity contribution in [2.24, 2.45) is 5.10 Å². The highest BCUT2D eigenvalue weighted by molar-refractivity contribution is 8.00. The van der Waals surface area contributed by atoms with Crippen LogP contribution in [-0.2, 0) is 9.59 Å². The van der Waals surface area contributed by atoms with Crippen LogP contribution in [0.15, 0.2) is 34.3 Å². The van der Waals surface area contributed by atoms with Crippen LogP contribution in [0.2, 0.25) is 0 Å². The number of fused-ring (bicyclic) bond motifs is 1. The van der Waals surface area contributed by atoms with Crippen LogP contribution in [0.5, 0.6) is 0 Å². The van der Waals surface area contributed by atoms with Gasteiger partial charge in [0.15, 0.2) is 0 Å². The Hall–Kier alpha value is -1.82. The lowest BCUT2D eigenvalue weighted by molar-refractivity contribution is -0.130. The van der Waals surface area contributed by atoms with Crippen LogP contribution in [0.3, 0.4) is 0 Å². The van der Waals surface area contributed by atoms with Crippen LogP contribution in [0.25, 0.3) is 0 Å². The summed E-state index contributed by atoms with van der Waals surface area (Å²) in [4.78, 5) is 27.3. The molecule has 0 bridgehead atoms. The Bertz CT molecular complexity index is 644. The first-order chi connectivity index (χ1) is 10.6. The molecule has 0 aliphatic carbocycles. The average Bonchev–Trinajstić information content (AvgIpc) is 2.67. The number of carbonyl (C=O) groups is 2. The van der Waals surface area contributed by atoms with E-state index in [9.17, 15) is 9.59 Å². The summed E-state index contributed by atoms with van der Waals surface area (Å²) in [6, 6.07) is 7.99. The summed E-state index contributed by atoms with van der Waals surface area (Å²) in [5.41, 5.74) is 1.42. The van der Waals surface area contributed by atoms with Gasteiger partial charge in [0, 0.05) is 36.6 Å². The molecular weight excluding hydrogens is 298 g/mol. The van der Waals surface area contributed by atoms with E-state index < -0.39 is 0 Å². The number of rotatable bonds is 1. The highest BCUT2D eigenvalue weighted by atomic mass is 32.2. The number of thioether (sulfide) groups is 1. The fraction of sp³-hybridized carbons (Fsp3) is 0.438. The Morgan fingerprint density at radius 1 is 1.32 bits per heavy atom. The molecule has 0 radical (unpaired) electrons. The number of amides is 2. The molecule has 22 heavy (non-hydrogen) atoms. The molecule has 0 saturated heterocycles. The second kappa shape index (κ2) is 6.12. The van der Waals surface area contributed by atoms with E-state index in [1.807, 2.05) is 23.1 Å². The topological polar surface area (TPSA) is 53.0 Å². The van der Waals surface area contributed by atoms with Gasteiger partial charge in [-0.05, 0) is 18.6 Å². The maximum absolute atomic E-state index is 12.9. The molecule has 1 aromatic carbocycles. The molecule has 5 nitrogen and oxygen atoms in total. The Kier molecular flexibility index (Phi) is 4.20. The van der Waals surface area contributed by atoms with Crippen molar-refractivity contribution in [3.63, 3.8) is 0 Å². The van der Waals surface area contributed by atoms with Crippen molar-refractivity contribution >= 4 is 35.0 Å². The van der Waals surface area contributed by atoms with Crippen molar-refractivity contribution < 1.29 is 9.59 Å². The molecule has 2 heterocycles. The van der Waals surface area contributed by atoms with Crippen molar-refractivity contribution in [2.75, 3.05) is 18.5 Å². The van der Waals surface area contributed by atoms with Gasteiger partial charge in [-0.15, -0.1) is 11.8 Å². The van der Waals surface area contributed by atoms with E-state index in [2.05, 4.69) is 18.1 Å². The van der Waals surface area contributed by atoms with Crippen molar-refractivity contribution in [1.82, 2.24) is 5.01 Å². The number of benzene rings is 1. The quantitative estimate of drug-likeness (QED) is 0.800. The molecule has 3 rings (SSSR count). The molecule has 0 N–H and O–H groups in total. The SMILES string of the molecule is C[C@@H]1CCN(C(=O)C2=NN(C)C(=O)CC2)c2ccccc2S1. The highest BCUT2D eigenvalue weighted by Crippen LogP contribution is 2.37. The number of hydrogen-bond acceptors (Lipinski definition) is 4. The Morgan fingerprint density at radius 2 is 2.09 bits per heavy atom. The van der Waals surface area contributed by atoms with Gasteiger partial charge in [-0.25, -0.2) is 5.01 Å². The second-order valence-electron chi connectivity index (χ2n) is 5.61. The minimum atomic E-state index is -0.0819. The van der Waals surface area contributed by atoms with Crippen LogP contribution >= 0.6 is 11.8 Å². The molecule has 1 aromatic rings. The molecule has 6 heteroatoms. The zero-order valence-corrected chi connectivity index (χ0v) is 13.6. The first-order valence-electron chi connectivity index (χ1n) is 7.48. The first kappa shape index (κ1) is 15.1. The maximum atomic E-state index is 12.9. The monoisotopic (exact) mass is 317 g/mol. The van der Waals surface area contributed by atoms with Gasteiger partial charge in [0.2, 0.25) is 5.91 Å². The minimum absolute atomic E-state index is 0.0444. The smallest absolute Gasteiger partial charge is 0.274 e. The van der Waals surface area contributed by atoms with Crippen LogP contribution in [0.1, 0.15) is 26.2 Å². The van der Waals surface area contributed by atoms with Gasteiger partial charge in [0.1, 0.15) is 5.71 Å². The van der Waals surface area contributed by atoms with Crippen LogP contribution in [0, 0.1) is 0 Å². The predicted molar refractivity (Wildman–Crippen MR) is 88.2 cm³/mol. The molecule has 0 unspecified atom stereocenters. The molecule has 0 aromatic heterocycles. The van der Waals surface area contributed by atoms with Gasteiger partial charge in [-0.1, -0.05) is 19.1 Å². The Morgan fingerprint density at radius 3 is 2.86 bits per heavy atom. The number of nitrogens with zero attached hydrogens (tertiary/aromatic N) is 3. The highest BCUT2D eigenvalue weighted by Gasteiger charge is 2.29. The third-order valence-electron chi connectivity index (χ3n) is 3.94. The Balaban J connectivity index is 1.92. The molecule has 2 aliphatic rings. The molecular formula is C16H19N3O2S. The molecule has 0 spiro atoms. The number of para-hydroxylation sites is 1. The lowest BCUT2D eigenvalue weighted by Crippen LogP contribution is -2.41. The lowest BCUT2D eigenvalue weighted by Gasteiger charge is -2.26. The second-order valence-corrected chi connectivity index (χ2v) is 7.09. The van der Waals surface area contributed by atoms with E-state index in [-0.39, 0.29) is 11.8 Å². The predicted octanol–water partition coefficient (Wildman–Crippen LogP) is 2.51. The lowest BCUT2D eigenvalue weighted by atomic mass is 10.1. The number of hydrazone groups is 1. The average molecular weight is 317 g/mol. The molecule has 0 saturated carbocycles. The van der Waals surface area contributed by atoms with E-state index in [4.69, 9.17) is 0 Å². The van der Waals surface area contributed by atoms with Crippen molar-refractivity contribution in [1.29, 1.82) is 0 Å². The first-order valence-corrected chi connectivity index (χ1v) is 8.36. The van der Waals surface area contributed by atoms with E-state index >= 15 is 0 Å². The van der Waals surface area contributed by atoms with Crippen molar-refractivity contribution in [3.8, 4) is 0 Å². The van der Waals surface area contributed by atoms with Crippen LogP contribution in [0.4, 0.5) is 5.69 Å². The number of hydrogen-bond donors (Lipinski definition) is 0. The van der Waals surface area contributed by atoms with E-state index in [0.29, 0.717) is 30.3 Å². The van der Waals surface area contributed by atoms with Crippen molar-refractivity contribution in [3.05, 3.63) is 24.3 Å². The summed E-state index contributed by atoms with van der Waals surface area (Å²) < 4.78 is 0. The summed E-state index contributed by atoms with van der Waals surface area (Å²) in [6.45, 7) is 2.86. The van der Waals surface area contributed by atoms with Gasteiger partial charge in [0.25, 0.3) is 5.91 Å². The van der Waals surface area contributed by atoms with Crippen molar-refractivity contribution in [2.45, 2.75) is 36.3 Å². The van der Waals surface area contributed by atoms with E-state index in [0.717, 1.165) is 17.0 Å². The normalized spacial score (nSPS) is 22.0. The number of carbonyl (C=O) groups excluding carboxylic acids is 2. The standard InChI is InChI=1S/C16H19N3O2S/c1-11-9-10-19(13-5-3-4-6-14(13)22-11)16(21)12-7-8-15(20)18(2)17-12/h3-6,11H,7-10H2,1-2H3/t11-/m1/s1. The fourth-order valence-corrected chi connectivity index (χ4v) is 3.79. The third kappa shape index (κ3) is 2.88. The summed E-state index contributed by atoms with van der Waals surface area (Å²) in [7, 11) is 1.60. The summed E-state index contributed by atoms with van der Waals surface area (Å²) in [6.07, 6.45) is 1.71. The molecule has 2 aliphatic heterocycles. The number of anilines is 1. The van der Waals surface area contributed by atoms with Gasteiger partial charge >= 0.3 is 0 Å². The van der Waals surface area contributed by atoms with Gasteiger partial charge < -0.3 is 4.90 Å². The Labute approximate surface area is 134 Å². The molecule has 1 atom stereocenters. The fourth-order valence-electron chi connectivity index (χ4n) is 2.68. The van der Waals surface area contributed by atoms with E-state index in [1.165, 1.54) is 5.01 Å². The molecule has 2 amide bonds. The van der Waals surface area contributed by atoms with Gasteiger partial charge in [-0.3, -0.25) is 9.59 Å². The third-order valence-corrected chi connectivity index (χ3v) is 5.18. The zero-order valence-electron chi connectivity index (χ0n) is 12.8. The summed E-state index contributed by atoms with van der Waals surface area (Å²) in [5.74, 6) is -0.126. The van der Waals surface area contributed by atoms with Crippen LogP contribution in [-0.4, -0.2) is 41.4 Å². The summed E-state index contributed by atoms with van der Waals surface area (Å²) in [5, 5.41) is 5.91. The van der Waals surface area contributed by atoms with Gasteiger partial charge in [-0.2, -0.15) is 5.10 Å². The largest absolute Gasteiger partial charge is 0.306 e. The van der Waals surface area contributed by atoms with Crippen LogP contribution < -0.4 is 4.90 Å². The summed E-state index contributed by atoms with van der Waals surface area (Å²) >= 11 is 1.80. The maximum Gasteiger partial charge on any atom is 0.274 e. The molecule has 116 valence electrons. The molecule has 0 fully saturated rings. The zero-order chi connectivity index (χ0) is 15.7. The van der Waals surface area contributed by atoms with E-state index in [1.54, 1.807) is 18.8 Å². The van der Waals surface area contributed by atoms with Gasteiger partial charge in [0.05, 0.1) is 5.69 Å². The minimum Gasteiger partial charge on any atom is -0.306 e.